The Labute approximate surface area is 158 Å². The normalized spacial score (nSPS) is 11.1. The first-order valence-corrected chi connectivity index (χ1v) is 9.28. The molecule has 0 bridgehead atoms. The third-order valence-electron chi connectivity index (χ3n) is 4.45. The molecule has 1 aromatic heterocycles. The van der Waals surface area contributed by atoms with E-state index >= 15 is 0 Å². The van der Waals surface area contributed by atoms with Gasteiger partial charge in [-0.2, -0.15) is 0 Å². The van der Waals surface area contributed by atoms with Gasteiger partial charge in [-0.15, -0.1) is 0 Å². The molecular formula is C20H15N3O3S. The summed E-state index contributed by atoms with van der Waals surface area (Å²) in [5.74, 6) is 0.358. The van der Waals surface area contributed by atoms with Crippen LogP contribution < -0.4 is 5.56 Å². The summed E-state index contributed by atoms with van der Waals surface area (Å²) in [5.41, 5.74) is 1.17. The number of hydrogen-bond acceptors (Lipinski definition) is 5. The molecule has 0 amide bonds. The van der Waals surface area contributed by atoms with Gasteiger partial charge >= 0.3 is 0 Å². The molecule has 0 saturated carbocycles. The van der Waals surface area contributed by atoms with Crippen molar-refractivity contribution in [2.75, 3.05) is 0 Å². The zero-order valence-corrected chi connectivity index (χ0v) is 15.3. The van der Waals surface area contributed by atoms with Crippen LogP contribution in [-0.2, 0) is 12.8 Å². The van der Waals surface area contributed by atoms with Crippen LogP contribution in [0.1, 0.15) is 5.56 Å². The van der Waals surface area contributed by atoms with Crippen molar-refractivity contribution in [2.24, 2.45) is 7.05 Å². The fraction of sp³-hybridized carbons (Fsp3) is 0.100. The SMILES string of the molecule is Cn1c(SCc2ccccc2[N+](=O)[O-])nc2cc3ccccc3cc2c1=O. The summed E-state index contributed by atoms with van der Waals surface area (Å²) in [4.78, 5) is 28.2. The van der Waals surface area contributed by atoms with Gasteiger partial charge in [-0.05, 0) is 22.9 Å². The van der Waals surface area contributed by atoms with Crippen molar-refractivity contribution in [2.45, 2.75) is 10.9 Å². The van der Waals surface area contributed by atoms with Gasteiger partial charge in [-0.25, -0.2) is 4.98 Å². The molecule has 0 aliphatic rings. The van der Waals surface area contributed by atoms with Crippen molar-refractivity contribution in [3.05, 3.63) is 86.7 Å². The Morgan fingerprint density at radius 2 is 1.74 bits per heavy atom. The van der Waals surface area contributed by atoms with E-state index in [1.807, 2.05) is 36.4 Å². The van der Waals surface area contributed by atoms with Crippen molar-refractivity contribution in [3.8, 4) is 0 Å². The molecule has 0 aliphatic heterocycles. The van der Waals surface area contributed by atoms with Crippen LogP contribution in [0.25, 0.3) is 21.7 Å². The number of nitrogens with zero attached hydrogens (tertiary/aromatic N) is 3. The molecule has 0 aliphatic carbocycles. The summed E-state index contributed by atoms with van der Waals surface area (Å²) in [6.45, 7) is 0. The third kappa shape index (κ3) is 3.17. The van der Waals surface area contributed by atoms with Crippen LogP contribution in [0.15, 0.2) is 70.6 Å². The van der Waals surface area contributed by atoms with Gasteiger partial charge in [0.25, 0.3) is 11.2 Å². The van der Waals surface area contributed by atoms with E-state index in [0.29, 0.717) is 27.4 Å². The van der Waals surface area contributed by atoms with Crippen molar-refractivity contribution >= 4 is 39.1 Å². The minimum absolute atomic E-state index is 0.0711. The second-order valence-electron chi connectivity index (χ2n) is 6.15. The molecule has 4 rings (SSSR count). The van der Waals surface area contributed by atoms with Gasteiger partial charge in [0.2, 0.25) is 0 Å². The summed E-state index contributed by atoms with van der Waals surface area (Å²) >= 11 is 1.31. The predicted octanol–water partition coefficient (Wildman–Crippen LogP) is 4.29. The minimum atomic E-state index is -0.394. The van der Waals surface area contributed by atoms with Gasteiger partial charge in [0.1, 0.15) is 0 Å². The number of hydrogen-bond donors (Lipinski definition) is 0. The lowest BCUT2D eigenvalue weighted by Crippen LogP contribution is -2.20. The zero-order valence-electron chi connectivity index (χ0n) is 14.5. The lowest BCUT2D eigenvalue weighted by molar-refractivity contribution is -0.385. The molecule has 6 nitrogen and oxygen atoms in total. The van der Waals surface area contributed by atoms with Crippen LogP contribution in [0.3, 0.4) is 0 Å². The molecular weight excluding hydrogens is 362 g/mol. The standard InChI is InChI=1S/C20H15N3O3S/c1-22-19(24)16-10-13-6-2-3-7-14(13)11-17(16)21-20(22)27-12-15-8-4-5-9-18(15)23(25)26/h2-11H,12H2,1H3. The number of fused-ring (bicyclic) bond motifs is 2. The summed E-state index contributed by atoms with van der Waals surface area (Å²) in [7, 11) is 1.67. The first-order chi connectivity index (χ1) is 13.0. The van der Waals surface area contributed by atoms with Crippen molar-refractivity contribution in [1.29, 1.82) is 0 Å². The second kappa shape index (κ2) is 6.85. The highest BCUT2D eigenvalue weighted by molar-refractivity contribution is 7.98. The van der Waals surface area contributed by atoms with E-state index < -0.39 is 4.92 Å². The Morgan fingerprint density at radius 1 is 1.07 bits per heavy atom. The van der Waals surface area contributed by atoms with Gasteiger partial charge in [-0.1, -0.05) is 54.2 Å². The Bertz CT molecular complexity index is 1250. The Kier molecular flexibility index (Phi) is 4.37. The fourth-order valence-corrected chi connectivity index (χ4v) is 3.99. The maximum Gasteiger partial charge on any atom is 0.273 e. The van der Waals surface area contributed by atoms with Crippen LogP contribution in [0.2, 0.25) is 0 Å². The van der Waals surface area contributed by atoms with E-state index in [1.165, 1.54) is 22.4 Å². The summed E-state index contributed by atoms with van der Waals surface area (Å²) in [5, 5.41) is 14.3. The summed E-state index contributed by atoms with van der Waals surface area (Å²) in [6.07, 6.45) is 0. The maximum absolute atomic E-state index is 12.8. The van der Waals surface area contributed by atoms with Gasteiger partial charge in [0.05, 0.1) is 15.8 Å². The van der Waals surface area contributed by atoms with Crippen molar-refractivity contribution < 1.29 is 4.92 Å². The number of nitro groups is 1. The molecule has 0 spiro atoms. The molecule has 0 N–H and O–H groups in total. The first-order valence-electron chi connectivity index (χ1n) is 8.29. The molecule has 134 valence electrons. The van der Waals surface area contributed by atoms with E-state index in [1.54, 1.807) is 25.2 Å². The lowest BCUT2D eigenvalue weighted by Gasteiger charge is -2.10. The van der Waals surface area contributed by atoms with E-state index in [9.17, 15) is 14.9 Å². The first kappa shape index (κ1) is 17.2. The smallest absolute Gasteiger partial charge is 0.273 e. The van der Waals surface area contributed by atoms with Gasteiger partial charge in [0.15, 0.2) is 5.16 Å². The van der Waals surface area contributed by atoms with E-state index in [2.05, 4.69) is 4.98 Å². The molecule has 4 aromatic rings. The lowest BCUT2D eigenvalue weighted by atomic mass is 10.1. The number of thioether (sulfide) groups is 1. The highest BCUT2D eigenvalue weighted by atomic mass is 32.2. The second-order valence-corrected chi connectivity index (χ2v) is 7.09. The van der Waals surface area contributed by atoms with E-state index in [0.717, 1.165) is 10.8 Å². The maximum atomic E-state index is 12.8. The Balaban J connectivity index is 1.76. The summed E-state index contributed by atoms with van der Waals surface area (Å²) in [6, 6.07) is 18.2. The molecule has 3 aromatic carbocycles. The monoisotopic (exact) mass is 377 g/mol. The Hall–Kier alpha value is -3.19. The Morgan fingerprint density at radius 3 is 2.48 bits per heavy atom. The predicted molar refractivity (Wildman–Crippen MR) is 107 cm³/mol. The van der Waals surface area contributed by atoms with Crippen LogP contribution in [0.5, 0.6) is 0 Å². The topological polar surface area (TPSA) is 78.0 Å². The molecule has 7 heteroatoms. The molecule has 0 saturated heterocycles. The van der Waals surface area contributed by atoms with Crippen LogP contribution in [0.4, 0.5) is 5.69 Å². The van der Waals surface area contributed by atoms with E-state index in [4.69, 9.17) is 0 Å². The number of aromatic nitrogens is 2. The highest BCUT2D eigenvalue weighted by Gasteiger charge is 2.15. The minimum Gasteiger partial charge on any atom is -0.290 e. The number of benzene rings is 3. The number of rotatable bonds is 4. The van der Waals surface area contributed by atoms with Crippen molar-refractivity contribution in [1.82, 2.24) is 9.55 Å². The van der Waals surface area contributed by atoms with Gasteiger partial charge < -0.3 is 0 Å². The van der Waals surface area contributed by atoms with Crippen molar-refractivity contribution in [3.63, 3.8) is 0 Å². The van der Waals surface area contributed by atoms with Gasteiger partial charge in [-0.3, -0.25) is 19.5 Å². The van der Waals surface area contributed by atoms with E-state index in [-0.39, 0.29) is 11.2 Å². The molecule has 27 heavy (non-hydrogen) atoms. The van der Waals surface area contributed by atoms with Crippen LogP contribution in [-0.4, -0.2) is 14.5 Å². The van der Waals surface area contributed by atoms with Crippen LogP contribution >= 0.6 is 11.8 Å². The highest BCUT2D eigenvalue weighted by Crippen LogP contribution is 2.27. The quantitative estimate of drug-likeness (QED) is 0.174. The molecule has 0 radical (unpaired) electrons. The number of nitro benzene ring substituents is 1. The number of para-hydroxylation sites is 1. The van der Waals surface area contributed by atoms with Crippen LogP contribution in [0, 0.1) is 10.1 Å². The van der Waals surface area contributed by atoms with Gasteiger partial charge in [0, 0.05) is 24.4 Å². The average Bonchev–Trinajstić information content (AvgIpc) is 2.68. The summed E-state index contributed by atoms with van der Waals surface area (Å²) < 4.78 is 1.50. The average molecular weight is 377 g/mol. The molecule has 1 heterocycles. The fourth-order valence-electron chi connectivity index (χ4n) is 3.02. The molecule has 0 unspecified atom stereocenters. The third-order valence-corrected chi connectivity index (χ3v) is 5.53. The zero-order chi connectivity index (χ0) is 19.0. The largest absolute Gasteiger partial charge is 0.290 e. The molecule has 0 atom stereocenters. The molecule has 0 fully saturated rings.